The third kappa shape index (κ3) is 1.49. The summed E-state index contributed by atoms with van der Waals surface area (Å²) in [6, 6.07) is 7.73. The summed E-state index contributed by atoms with van der Waals surface area (Å²) in [5, 5.41) is 3.70. The lowest BCUT2D eigenvalue weighted by Gasteiger charge is -2.25. The van der Waals surface area contributed by atoms with Gasteiger partial charge in [-0.15, -0.1) is 0 Å². The molecule has 1 saturated carbocycles. The summed E-state index contributed by atoms with van der Waals surface area (Å²) in [6.07, 6.45) is 5.49. The molecule has 1 aliphatic carbocycles. The Morgan fingerprint density at radius 3 is 2.62 bits per heavy atom. The summed E-state index contributed by atoms with van der Waals surface area (Å²) in [5.41, 5.74) is 4.98. The predicted octanol–water partition coefficient (Wildman–Crippen LogP) is 3.09. The van der Waals surface area contributed by atoms with Gasteiger partial charge < -0.3 is 5.32 Å². The van der Waals surface area contributed by atoms with Crippen LogP contribution in [0.15, 0.2) is 18.2 Å². The van der Waals surface area contributed by atoms with E-state index in [2.05, 4.69) is 37.4 Å². The fourth-order valence-corrected chi connectivity index (χ4v) is 3.47. The fourth-order valence-electron chi connectivity index (χ4n) is 3.47. The Bertz CT molecular complexity index is 398. The lowest BCUT2D eigenvalue weighted by molar-refractivity contribution is 0.471. The Kier molecular flexibility index (Phi) is 2.32. The van der Waals surface area contributed by atoms with Crippen LogP contribution in [0.5, 0.6) is 0 Å². The lowest BCUT2D eigenvalue weighted by atomic mass is 9.84. The summed E-state index contributed by atoms with van der Waals surface area (Å²) in [7, 11) is 0. The summed E-state index contributed by atoms with van der Waals surface area (Å²) < 4.78 is 0. The Balaban J connectivity index is 1.96. The number of rotatable bonds is 2. The molecule has 0 bridgehead atoms. The van der Waals surface area contributed by atoms with Crippen LogP contribution in [-0.2, 0) is 5.41 Å². The number of benzene rings is 1. The van der Waals surface area contributed by atoms with Crippen LogP contribution in [0.25, 0.3) is 0 Å². The van der Waals surface area contributed by atoms with Crippen LogP contribution in [0.4, 0.5) is 0 Å². The van der Waals surface area contributed by atoms with Crippen LogP contribution < -0.4 is 5.32 Å². The van der Waals surface area contributed by atoms with E-state index < -0.39 is 0 Å². The van der Waals surface area contributed by atoms with E-state index in [4.69, 9.17) is 0 Å². The molecule has 1 heteroatoms. The molecule has 1 aromatic rings. The standard InChI is InChI=1S/C15H21N/c1-11-5-6-13(12(2)10-11)15(7-8-15)14-4-3-9-16-14/h5-6,10,14,16H,3-4,7-9H2,1-2H3. The summed E-state index contributed by atoms with van der Waals surface area (Å²) >= 11 is 0. The molecule has 0 aromatic heterocycles. The van der Waals surface area contributed by atoms with Crippen molar-refractivity contribution in [2.24, 2.45) is 0 Å². The van der Waals surface area contributed by atoms with E-state index >= 15 is 0 Å². The zero-order valence-electron chi connectivity index (χ0n) is 10.3. The molecule has 1 aliphatic heterocycles. The minimum absolute atomic E-state index is 0.494. The third-order valence-corrected chi connectivity index (χ3v) is 4.43. The van der Waals surface area contributed by atoms with E-state index in [0.717, 1.165) is 6.04 Å². The number of aryl methyl sites for hydroxylation is 2. The first-order valence-electron chi connectivity index (χ1n) is 6.53. The lowest BCUT2D eigenvalue weighted by Crippen LogP contribution is -2.35. The van der Waals surface area contributed by atoms with Gasteiger partial charge in [-0.2, -0.15) is 0 Å². The van der Waals surface area contributed by atoms with Gasteiger partial charge in [-0.05, 0) is 57.2 Å². The highest BCUT2D eigenvalue weighted by Gasteiger charge is 2.51. The average Bonchev–Trinajstić information content (AvgIpc) is 2.87. The molecule has 1 nitrogen and oxygen atoms in total. The second kappa shape index (κ2) is 3.59. The molecule has 0 amide bonds. The van der Waals surface area contributed by atoms with Gasteiger partial charge in [0.25, 0.3) is 0 Å². The summed E-state index contributed by atoms with van der Waals surface area (Å²) in [4.78, 5) is 0. The first kappa shape index (κ1) is 10.3. The smallest absolute Gasteiger partial charge is 0.0165 e. The van der Waals surface area contributed by atoms with Crippen LogP contribution in [0.2, 0.25) is 0 Å². The SMILES string of the molecule is Cc1ccc(C2(C3CCCN3)CC2)c(C)c1. The quantitative estimate of drug-likeness (QED) is 0.799. The van der Waals surface area contributed by atoms with Crippen molar-refractivity contribution in [3.63, 3.8) is 0 Å². The molecule has 1 N–H and O–H groups in total. The number of hydrogen-bond acceptors (Lipinski definition) is 1. The van der Waals surface area contributed by atoms with E-state index in [-0.39, 0.29) is 0 Å². The van der Waals surface area contributed by atoms with E-state index in [1.165, 1.54) is 43.4 Å². The Hall–Kier alpha value is -0.820. The molecule has 16 heavy (non-hydrogen) atoms. The molecule has 1 heterocycles. The number of nitrogens with one attached hydrogen (secondary N) is 1. The van der Waals surface area contributed by atoms with Crippen molar-refractivity contribution < 1.29 is 0 Å². The normalized spacial score (nSPS) is 27.0. The minimum Gasteiger partial charge on any atom is -0.313 e. The Morgan fingerprint density at radius 2 is 2.06 bits per heavy atom. The van der Waals surface area contributed by atoms with Gasteiger partial charge >= 0.3 is 0 Å². The molecular weight excluding hydrogens is 194 g/mol. The van der Waals surface area contributed by atoms with Gasteiger partial charge in [-0.25, -0.2) is 0 Å². The highest BCUT2D eigenvalue weighted by molar-refractivity contribution is 5.42. The van der Waals surface area contributed by atoms with Gasteiger partial charge in [-0.1, -0.05) is 23.8 Å². The highest BCUT2D eigenvalue weighted by Crippen LogP contribution is 2.53. The van der Waals surface area contributed by atoms with Gasteiger partial charge in [0.15, 0.2) is 0 Å². The summed E-state index contributed by atoms with van der Waals surface area (Å²) in [5.74, 6) is 0. The van der Waals surface area contributed by atoms with Gasteiger partial charge in [0, 0.05) is 11.5 Å². The van der Waals surface area contributed by atoms with Crippen LogP contribution >= 0.6 is 0 Å². The van der Waals surface area contributed by atoms with E-state index in [1.54, 1.807) is 5.56 Å². The van der Waals surface area contributed by atoms with Crippen molar-refractivity contribution in [1.29, 1.82) is 0 Å². The van der Waals surface area contributed by atoms with Gasteiger partial charge in [0.05, 0.1) is 0 Å². The Morgan fingerprint density at radius 1 is 1.25 bits per heavy atom. The average molecular weight is 215 g/mol. The van der Waals surface area contributed by atoms with Gasteiger partial charge in [0.2, 0.25) is 0 Å². The van der Waals surface area contributed by atoms with Crippen molar-refractivity contribution in [2.75, 3.05) is 6.54 Å². The molecule has 1 saturated heterocycles. The molecule has 0 radical (unpaired) electrons. The van der Waals surface area contributed by atoms with E-state index in [1.807, 2.05) is 0 Å². The fraction of sp³-hybridized carbons (Fsp3) is 0.600. The molecule has 2 fully saturated rings. The van der Waals surface area contributed by atoms with Crippen LogP contribution in [0.1, 0.15) is 42.4 Å². The molecule has 1 aromatic carbocycles. The van der Waals surface area contributed by atoms with Crippen LogP contribution in [0.3, 0.4) is 0 Å². The highest BCUT2D eigenvalue weighted by atomic mass is 15.0. The second-order valence-corrected chi connectivity index (χ2v) is 5.62. The second-order valence-electron chi connectivity index (χ2n) is 5.62. The van der Waals surface area contributed by atoms with E-state index in [9.17, 15) is 0 Å². The molecule has 2 aliphatic rings. The first-order chi connectivity index (χ1) is 7.72. The monoisotopic (exact) mass is 215 g/mol. The summed E-state index contributed by atoms with van der Waals surface area (Å²) in [6.45, 7) is 5.68. The third-order valence-electron chi connectivity index (χ3n) is 4.43. The predicted molar refractivity (Wildman–Crippen MR) is 67.9 cm³/mol. The van der Waals surface area contributed by atoms with Crippen molar-refractivity contribution in [2.45, 2.75) is 51.0 Å². The first-order valence-corrected chi connectivity index (χ1v) is 6.53. The maximum atomic E-state index is 3.70. The van der Waals surface area contributed by atoms with Gasteiger partial charge in [-0.3, -0.25) is 0 Å². The minimum atomic E-state index is 0.494. The van der Waals surface area contributed by atoms with Crippen molar-refractivity contribution >= 4 is 0 Å². The molecule has 3 rings (SSSR count). The molecule has 0 spiro atoms. The molecule has 1 atom stereocenters. The maximum Gasteiger partial charge on any atom is 0.0165 e. The molecule has 1 unspecified atom stereocenters. The largest absolute Gasteiger partial charge is 0.313 e. The van der Waals surface area contributed by atoms with Crippen molar-refractivity contribution in [1.82, 2.24) is 5.32 Å². The van der Waals surface area contributed by atoms with Crippen molar-refractivity contribution in [3.8, 4) is 0 Å². The Labute approximate surface area is 98.3 Å². The van der Waals surface area contributed by atoms with E-state index in [0.29, 0.717) is 5.41 Å². The topological polar surface area (TPSA) is 12.0 Å². The zero-order valence-corrected chi connectivity index (χ0v) is 10.3. The van der Waals surface area contributed by atoms with Gasteiger partial charge in [0.1, 0.15) is 0 Å². The maximum absolute atomic E-state index is 3.70. The van der Waals surface area contributed by atoms with Crippen LogP contribution in [-0.4, -0.2) is 12.6 Å². The number of hydrogen-bond donors (Lipinski definition) is 1. The van der Waals surface area contributed by atoms with Crippen LogP contribution in [0, 0.1) is 13.8 Å². The van der Waals surface area contributed by atoms with Crippen molar-refractivity contribution in [3.05, 3.63) is 34.9 Å². The zero-order chi connectivity index (χ0) is 11.2. The molecular formula is C15H21N. The molecule has 86 valence electrons.